The van der Waals surface area contributed by atoms with Crippen LogP contribution in [0.15, 0.2) is 30.3 Å². The van der Waals surface area contributed by atoms with Crippen molar-refractivity contribution in [2.45, 2.75) is 19.8 Å². The largest absolute Gasteiger partial charge is 0.342 e. The van der Waals surface area contributed by atoms with Crippen LogP contribution in [0.5, 0.6) is 0 Å². The van der Waals surface area contributed by atoms with Crippen LogP contribution in [-0.2, 0) is 4.79 Å². The molecule has 0 spiro atoms. The molecule has 1 heterocycles. The van der Waals surface area contributed by atoms with Crippen LogP contribution in [0.2, 0.25) is 0 Å². The van der Waals surface area contributed by atoms with Crippen molar-refractivity contribution in [1.29, 1.82) is 0 Å². The lowest BCUT2D eigenvalue weighted by Gasteiger charge is -2.33. The summed E-state index contributed by atoms with van der Waals surface area (Å²) >= 11 is 0. The van der Waals surface area contributed by atoms with Gasteiger partial charge < -0.3 is 10.2 Å². The van der Waals surface area contributed by atoms with E-state index in [0.717, 1.165) is 18.4 Å². The number of ketones is 1. The Balaban J connectivity index is 0.00000242. The summed E-state index contributed by atoms with van der Waals surface area (Å²) in [5.41, 5.74) is 0.783. The molecule has 1 atom stereocenters. The second-order valence-corrected chi connectivity index (χ2v) is 5.79. The first-order valence-electron chi connectivity index (χ1n) is 7.66. The number of carbonyl (C=O) groups is 2. The maximum atomic E-state index is 12.4. The fraction of sp³-hybridized carbons (Fsp3) is 0.529. The van der Waals surface area contributed by atoms with Gasteiger partial charge in [0.2, 0.25) is 5.91 Å². The van der Waals surface area contributed by atoms with Crippen LogP contribution in [0, 0.1) is 11.8 Å². The van der Waals surface area contributed by atoms with Crippen LogP contribution < -0.4 is 5.32 Å². The standard InChI is InChI=1S/C17H24N2O2.ClH/c1-13(12-18-2)17(21)19-10-8-15(9-11-19)16(20)14-6-4-3-5-7-14;/h3-7,13,15,18H,8-12H2,1-2H3;1H. The van der Waals surface area contributed by atoms with Gasteiger partial charge in [0, 0.05) is 37.0 Å². The number of amides is 1. The zero-order valence-electron chi connectivity index (χ0n) is 13.2. The van der Waals surface area contributed by atoms with Gasteiger partial charge in [0.15, 0.2) is 5.78 Å². The lowest BCUT2D eigenvalue weighted by Crippen LogP contribution is -2.44. The van der Waals surface area contributed by atoms with E-state index >= 15 is 0 Å². The van der Waals surface area contributed by atoms with Gasteiger partial charge in [0.25, 0.3) is 0 Å². The first-order chi connectivity index (χ1) is 10.1. The molecule has 1 aromatic carbocycles. The van der Waals surface area contributed by atoms with Crippen LogP contribution in [0.25, 0.3) is 0 Å². The van der Waals surface area contributed by atoms with Crippen LogP contribution in [0.4, 0.5) is 0 Å². The summed E-state index contributed by atoms with van der Waals surface area (Å²) in [5, 5.41) is 3.03. The summed E-state index contributed by atoms with van der Waals surface area (Å²) in [6.07, 6.45) is 1.54. The topological polar surface area (TPSA) is 49.4 Å². The molecule has 4 nitrogen and oxygen atoms in total. The minimum Gasteiger partial charge on any atom is -0.342 e. The second-order valence-electron chi connectivity index (χ2n) is 5.79. The van der Waals surface area contributed by atoms with Gasteiger partial charge in [-0.1, -0.05) is 37.3 Å². The highest BCUT2D eigenvalue weighted by Crippen LogP contribution is 2.22. The van der Waals surface area contributed by atoms with Crippen molar-refractivity contribution in [3.8, 4) is 0 Å². The highest BCUT2D eigenvalue weighted by molar-refractivity contribution is 5.98. The molecule has 1 aromatic rings. The Kier molecular flexibility index (Phi) is 7.56. The highest BCUT2D eigenvalue weighted by atomic mass is 35.5. The third-order valence-electron chi connectivity index (χ3n) is 4.17. The monoisotopic (exact) mass is 324 g/mol. The fourth-order valence-corrected chi connectivity index (χ4v) is 2.91. The third kappa shape index (κ3) is 4.55. The van der Waals surface area contributed by atoms with E-state index < -0.39 is 0 Å². The lowest BCUT2D eigenvalue weighted by molar-refractivity contribution is -0.136. The third-order valence-corrected chi connectivity index (χ3v) is 4.17. The van der Waals surface area contributed by atoms with Gasteiger partial charge in [0.1, 0.15) is 0 Å². The van der Waals surface area contributed by atoms with Crippen molar-refractivity contribution in [1.82, 2.24) is 10.2 Å². The molecular formula is C17H25ClN2O2. The molecule has 1 amide bonds. The molecule has 1 N–H and O–H groups in total. The van der Waals surface area contributed by atoms with Crippen molar-refractivity contribution in [3.05, 3.63) is 35.9 Å². The predicted octanol–water partition coefficient (Wildman–Crippen LogP) is 2.39. The van der Waals surface area contributed by atoms with Crippen LogP contribution >= 0.6 is 12.4 Å². The minimum absolute atomic E-state index is 0. The van der Waals surface area contributed by atoms with E-state index in [2.05, 4.69) is 5.32 Å². The van der Waals surface area contributed by atoms with E-state index in [0.29, 0.717) is 19.6 Å². The number of nitrogens with zero attached hydrogens (tertiary/aromatic N) is 1. The van der Waals surface area contributed by atoms with Gasteiger partial charge >= 0.3 is 0 Å². The normalized spacial score (nSPS) is 16.7. The SMILES string of the molecule is CNCC(C)C(=O)N1CCC(C(=O)c2ccccc2)CC1.Cl. The molecule has 1 aliphatic heterocycles. The van der Waals surface area contributed by atoms with Crippen LogP contribution in [-0.4, -0.2) is 43.3 Å². The van der Waals surface area contributed by atoms with Crippen molar-refractivity contribution in [3.63, 3.8) is 0 Å². The molecule has 0 saturated carbocycles. The number of rotatable bonds is 5. The molecule has 1 aliphatic rings. The average molecular weight is 325 g/mol. The number of carbonyl (C=O) groups excluding carboxylic acids is 2. The zero-order valence-corrected chi connectivity index (χ0v) is 14.1. The van der Waals surface area contributed by atoms with Crippen LogP contribution in [0.1, 0.15) is 30.1 Å². The first kappa shape index (κ1) is 18.7. The Morgan fingerprint density at radius 2 is 1.82 bits per heavy atom. The number of nitrogens with one attached hydrogen (secondary N) is 1. The van der Waals surface area contributed by atoms with Crippen molar-refractivity contribution < 1.29 is 9.59 Å². The van der Waals surface area contributed by atoms with E-state index in [4.69, 9.17) is 0 Å². The maximum absolute atomic E-state index is 12.4. The Labute approximate surface area is 138 Å². The minimum atomic E-state index is -0.00336. The molecule has 1 fully saturated rings. The van der Waals surface area contributed by atoms with Gasteiger partial charge in [-0.2, -0.15) is 0 Å². The molecule has 0 bridgehead atoms. The Bertz CT molecular complexity index is 485. The zero-order chi connectivity index (χ0) is 15.2. The van der Waals surface area contributed by atoms with Crippen LogP contribution in [0.3, 0.4) is 0 Å². The first-order valence-corrected chi connectivity index (χ1v) is 7.66. The maximum Gasteiger partial charge on any atom is 0.226 e. The van der Waals surface area contributed by atoms with Gasteiger partial charge in [-0.25, -0.2) is 0 Å². The van der Waals surface area contributed by atoms with Crippen molar-refractivity contribution in [2.24, 2.45) is 11.8 Å². The van der Waals surface area contributed by atoms with E-state index in [1.54, 1.807) is 0 Å². The molecule has 0 radical (unpaired) electrons. The number of halogens is 1. The van der Waals surface area contributed by atoms with Gasteiger partial charge in [-0.15, -0.1) is 12.4 Å². The molecule has 122 valence electrons. The summed E-state index contributed by atoms with van der Waals surface area (Å²) in [5.74, 6) is 0.452. The molecule has 1 unspecified atom stereocenters. The van der Waals surface area contributed by atoms with Gasteiger partial charge in [-0.3, -0.25) is 9.59 Å². The average Bonchev–Trinajstić information content (AvgIpc) is 2.54. The van der Waals surface area contributed by atoms with E-state index in [1.807, 2.05) is 49.2 Å². The summed E-state index contributed by atoms with van der Waals surface area (Å²) in [6.45, 7) is 4.02. The molecule has 5 heteroatoms. The summed E-state index contributed by atoms with van der Waals surface area (Å²) < 4.78 is 0. The number of piperidine rings is 1. The number of hydrogen-bond donors (Lipinski definition) is 1. The highest BCUT2D eigenvalue weighted by Gasteiger charge is 2.29. The number of hydrogen-bond acceptors (Lipinski definition) is 3. The smallest absolute Gasteiger partial charge is 0.226 e. The Morgan fingerprint density at radius 1 is 1.23 bits per heavy atom. The molecule has 1 saturated heterocycles. The van der Waals surface area contributed by atoms with Gasteiger partial charge in [-0.05, 0) is 19.9 Å². The Morgan fingerprint density at radius 3 is 2.36 bits per heavy atom. The fourth-order valence-electron chi connectivity index (χ4n) is 2.91. The predicted molar refractivity (Wildman–Crippen MR) is 90.4 cm³/mol. The summed E-state index contributed by atoms with van der Waals surface area (Å²) in [6, 6.07) is 9.45. The molecule has 0 aliphatic carbocycles. The molecule has 0 aromatic heterocycles. The second kappa shape index (κ2) is 8.91. The molecule has 22 heavy (non-hydrogen) atoms. The van der Waals surface area contributed by atoms with E-state index in [9.17, 15) is 9.59 Å². The van der Waals surface area contributed by atoms with E-state index in [-0.39, 0.29) is 35.9 Å². The molecular weight excluding hydrogens is 300 g/mol. The number of Topliss-reactive ketones (excluding diaryl/α,β-unsaturated/α-hetero) is 1. The molecule has 2 rings (SSSR count). The Hall–Kier alpha value is -1.39. The summed E-state index contributed by atoms with van der Waals surface area (Å²) in [4.78, 5) is 26.5. The van der Waals surface area contributed by atoms with Gasteiger partial charge in [0.05, 0.1) is 0 Å². The van der Waals surface area contributed by atoms with Crippen molar-refractivity contribution in [2.75, 3.05) is 26.7 Å². The summed E-state index contributed by atoms with van der Waals surface area (Å²) in [7, 11) is 1.86. The number of benzene rings is 1. The number of likely N-dealkylation sites (tertiary alicyclic amines) is 1. The van der Waals surface area contributed by atoms with E-state index in [1.165, 1.54) is 0 Å². The van der Waals surface area contributed by atoms with Crippen molar-refractivity contribution >= 4 is 24.1 Å². The lowest BCUT2D eigenvalue weighted by atomic mass is 9.88. The quantitative estimate of drug-likeness (QED) is 0.846.